The molecule has 1 aromatic heterocycles. The van der Waals surface area contributed by atoms with Crippen LogP contribution in [0.2, 0.25) is 0 Å². The Balaban J connectivity index is 1.94. The number of thiol groups is 2. The van der Waals surface area contributed by atoms with E-state index < -0.39 is 101 Å². The molecule has 0 aliphatic heterocycles. The van der Waals surface area contributed by atoms with Crippen molar-refractivity contribution in [1.82, 2.24) is 47.5 Å². The molecular weight excluding hydrogens is 1040 g/mol. The zero-order valence-corrected chi connectivity index (χ0v) is 44.7. The van der Waals surface area contributed by atoms with Gasteiger partial charge in [-0.15, -0.1) is 0 Å². The summed E-state index contributed by atoms with van der Waals surface area (Å²) in [7, 11) is 0. The lowest BCUT2D eigenvalue weighted by molar-refractivity contribution is -0.141. The topological polar surface area (TPSA) is 467 Å². The molecule has 27 nitrogen and oxygen atoms in total. The molecule has 0 aliphatic rings. The fourth-order valence-electron chi connectivity index (χ4n) is 7.54. The Morgan fingerprint density at radius 3 is 1.66 bits per heavy atom. The fourth-order valence-corrected chi connectivity index (χ4v) is 8.04. The molecule has 2 aromatic carbocycles. The molecule has 3 rings (SSSR count). The number of aliphatic carboxylic acids is 1. The van der Waals surface area contributed by atoms with Gasteiger partial charge in [0.05, 0.1) is 6.04 Å². The maximum atomic E-state index is 14.6. The average molecular weight is 1110 g/mol. The summed E-state index contributed by atoms with van der Waals surface area (Å²) < 4.78 is 0. The number of nitrogens with two attached hydrogens (primary N) is 6. The Kier molecular flexibility index (Phi) is 26.3. The van der Waals surface area contributed by atoms with Crippen molar-refractivity contribution in [3.63, 3.8) is 0 Å². The Labute approximate surface area is 456 Å². The van der Waals surface area contributed by atoms with Crippen LogP contribution in [0.15, 0.2) is 70.8 Å². The van der Waals surface area contributed by atoms with E-state index in [2.05, 4.69) is 82.8 Å². The van der Waals surface area contributed by atoms with Gasteiger partial charge in [-0.2, -0.15) is 25.3 Å². The number of hydrogen-bond acceptors (Lipinski definition) is 14. The maximum Gasteiger partial charge on any atom is 0.327 e. The highest BCUT2D eigenvalue weighted by Crippen LogP contribution is 2.20. The average Bonchev–Trinajstić information content (AvgIpc) is 3.79. The van der Waals surface area contributed by atoms with Gasteiger partial charge in [0.25, 0.3) is 0 Å². The number of rotatable bonds is 33. The zero-order valence-electron chi connectivity index (χ0n) is 42.9. The number of fused-ring (bicyclic) bond motifs is 1. The number of carbonyl (C=O) groups excluding carboxylic acids is 8. The van der Waals surface area contributed by atoms with E-state index in [1.165, 1.54) is 13.8 Å². The second-order valence-corrected chi connectivity index (χ2v) is 19.1. The number of aromatic nitrogens is 1. The van der Waals surface area contributed by atoms with Crippen LogP contribution in [0.5, 0.6) is 0 Å². The van der Waals surface area contributed by atoms with Gasteiger partial charge in [0.2, 0.25) is 41.4 Å². The number of aromatic amines is 1. The number of nitrogens with zero attached hydrogens (tertiary/aromatic N) is 2. The fraction of sp³-hybridized carbons (Fsp3) is 0.479. The monoisotopic (exact) mass is 1110 g/mol. The predicted molar refractivity (Wildman–Crippen MR) is 296 cm³/mol. The molecule has 0 saturated carbocycles. The number of primary amides is 1. The number of urea groups is 1. The Hall–Kier alpha value is -7.79. The van der Waals surface area contributed by atoms with Crippen molar-refractivity contribution in [3.8, 4) is 0 Å². The van der Waals surface area contributed by atoms with Crippen molar-refractivity contribution in [1.29, 1.82) is 0 Å². The first-order chi connectivity index (χ1) is 36.4. The predicted octanol–water partition coefficient (Wildman–Crippen LogP) is -3.42. The van der Waals surface area contributed by atoms with Crippen LogP contribution < -0.4 is 76.9 Å². The van der Waals surface area contributed by atoms with E-state index in [1.54, 1.807) is 60.8 Å². The largest absolute Gasteiger partial charge is 0.480 e. The number of carboxylic acids is 1. The number of nitrogens with one attached hydrogen (secondary N) is 9. The van der Waals surface area contributed by atoms with Gasteiger partial charge < -0.3 is 87.0 Å². The molecule has 29 heteroatoms. The van der Waals surface area contributed by atoms with Crippen molar-refractivity contribution >= 4 is 101 Å². The molecule has 7 atom stereocenters. The van der Waals surface area contributed by atoms with Crippen molar-refractivity contribution in [2.24, 2.45) is 44.4 Å². The van der Waals surface area contributed by atoms with E-state index in [0.29, 0.717) is 17.5 Å². The first-order valence-corrected chi connectivity index (χ1v) is 25.8. The van der Waals surface area contributed by atoms with E-state index in [9.17, 15) is 48.3 Å². The normalized spacial score (nSPS) is 13.8. The number of amides is 9. The third-order valence-corrected chi connectivity index (χ3v) is 12.5. The highest BCUT2D eigenvalue weighted by molar-refractivity contribution is 7.80. The number of hydrogen-bond donors (Lipinski definition) is 18. The van der Waals surface area contributed by atoms with Crippen molar-refractivity contribution < 1.29 is 48.3 Å². The molecule has 0 spiro atoms. The van der Waals surface area contributed by atoms with E-state index in [4.69, 9.17) is 34.4 Å². The summed E-state index contributed by atoms with van der Waals surface area (Å²) in [5, 5.41) is 31.1. The van der Waals surface area contributed by atoms with Gasteiger partial charge in [0.1, 0.15) is 41.8 Å². The van der Waals surface area contributed by atoms with Crippen LogP contribution in [0.25, 0.3) is 10.9 Å². The van der Waals surface area contributed by atoms with Crippen molar-refractivity contribution in [3.05, 3.63) is 71.9 Å². The summed E-state index contributed by atoms with van der Waals surface area (Å²) in [4.78, 5) is 132. The highest BCUT2D eigenvalue weighted by atomic mass is 32.1. The number of benzene rings is 2. The van der Waals surface area contributed by atoms with Crippen LogP contribution in [0, 0.1) is 0 Å². The highest BCUT2D eigenvalue weighted by Gasteiger charge is 2.37. The van der Waals surface area contributed by atoms with Gasteiger partial charge in [-0.25, -0.2) is 9.59 Å². The minimum absolute atomic E-state index is 0.0282. The molecule has 77 heavy (non-hydrogen) atoms. The lowest BCUT2D eigenvalue weighted by atomic mass is 10.0. The third kappa shape index (κ3) is 22.1. The van der Waals surface area contributed by atoms with Crippen LogP contribution in [0.1, 0.15) is 63.5 Å². The van der Waals surface area contributed by atoms with Crippen LogP contribution in [0.3, 0.4) is 0 Å². The maximum absolute atomic E-state index is 14.6. The molecule has 0 unspecified atom stereocenters. The lowest BCUT2D eigenvalue weighted by Crippen LogP contribution is -2.63. The van der Waals surface area contributed by atoms with E-state index in [-0.39, 0.29) is 88.0 Å². The van der Waals surface area contributed by atoms with Gasteiger partial charge in [0, 0.05) is 61.1 Å². The van der Waals surface area contributed by atoms with Gasteiger partial charge in [-0.05, 0) is 69.6 Å². The summed E-state index contributed by atoms with van der Waals surface area (Å²) in [5.74, 6) is -7.99. The van der Waals surface area contributed by atoms with Gasteiger partial charge in [-0.3, -0.25) is 43.5 Å². The summed E-state index contributed by atoms with van der Waals surface area (Å²) in [5.41, 5.74) is 33.2. The number of carboxylic acid groups (broad SMARTS) is 1. The number of H-pyrrole nitrogens is 1. The summed E-state index contributed by atoms with van der Waals surface area (Å²) in [6.45, 7) is 2.94. The molecule has 3 aromatic rings. The Morgan fingerprint density at radius 2 is 1.09 bits per heavy atom. The van der Waals surface area contributed by atoms with Gasteiger partial charge in [0.15, 0.2) is 11.9 Å². The summed E-state index contributed by atoms with van der Waals surface area (Å²) in [6, 6.07) is 5.48. The molecule has 0 bridgehead atoms. The standard InChI is InChI=1S/C48H73N17O10S2/c1-48(2,65-42(71)35(24-76)62-37(66)29(49)14-8-18-55-45(50)51)44(74)64-32(17-9-19-56-46(52)53)39(68)60-33(21-26-11-4-3-5-12-26)40(69)59-31(16-10-20-57-47(54)75)38(67)61-34(41(70)63-36(25-77)43(72)73)22-27-23-58-30-15-7-6-13-28(27)30/h3-7,11-13,15,23,29,31-36,58,76-77H,8-10,14,16-22,24-25,49H2,1-2H3,(H,59,69)(H,60,68)(H,61,67)(H,62,66)(H,63,70)(H,64,74)(H,65,71)(H,72,73)(H4,50,51,55)(H4,52,53,56)(H3,54,57,75)/t29-,31-,32-,33+,34+,35-,36-/m0/s1. The minimum Gasteiger partial charge on any atom is -0.480 e. The molecule has 0 saturated heterocycles. The van der Waals surface area contributed by atoms with Crippen LogP contribution >= 0.6 is 25.3 Å². The smallest absolute Gasteiger partial charge is 0.327 e. The second-order valence-electron chi connectivity index (χ2n) is 18.3. The number of guanidine groups is 2. The molecule has 9 amide bonds. The van der Waals surface area contributed by atoms with E-state index in [1.807, 2.05) is 0 Å². The Bertz CT molecular complexity index is 2560. The first-order valence-electron chi connectivity index (χ1n) is 24.5. The van der Waals surface area contributed by atoms with Crippen LogP contribution in [0.4, 0.5) is 4.79 Å². The summed E-state index contributed by atoms with van der Waals surface area (Å²) in [6.07, 6.45) is 1.90. The first kappa shape index (κ1) is 63.5. The number of carbonyl (C=O) groups is 9. The zero-order chi connectivity index (χ0) is 57.2. The Morgan fingerprint density at radius 1 is 0.597 bits per heavy atom. The van der Waals surface area contributed by atoms with Gasteiger partial charge in [-0.1, -0.05) is 48.5 Å². The second kappa shape index (κ2) is 31.9. The van der Waals surface area contributed by atoms with Gasteiger partial charge >= 0.3 is 12.0 Å². The molecule has 0 radical (unpaired) electrons. The quantitative estimate of drug-likeness (QED) is 0.0122. The molecule has 22 N–H and O–H groups in total. The molecule has 422 valence electrons. The number of aliphatic imine (C=N–C) groups is 2. The van der Waals surface area contributed by atoms with Crippen molar-refractivity contribution in [2.75, 3.05) is 31.1 Å². The van der Waals surface area contributed by atoms with E-state index in [0.717, 1.165) is 10.9 Å². The number of para-hydroxylation sites is 1. The minimum atomic E-state index is -1.74. The lowest BCUT2D eigenvalue weighted by Gasteiger charge is -2.31. The molecule has 1 heterocycles. The summed E-state index contributed by atoms with van der Waals surface area (Å²) >= 11 is 8.27. The van der Waals surface area contributed by atoms with E-state index >= 15 is 0 Å². The molecule has 0 fully saturated rings. The van der Waals surface area contributed by atoms with Crippen molar-refractivity contribution in [2.45, 2.75) is 113 Å². The molecular formula is C48H73N17O10S2. The third-order valence-electron chi connectivity index (χ3n) is 11.7. The SMILES string of the molecule is CC(C)(NC(=O)[C@H](CS)NC(=O)[C@@H](N)CCCN=C(N)N)C(=O)N[C@@H](CCCN=C(N)N)C(=O)N[C@H](Cc1ccccc1)C(=O)N[C@@H](CCCNC(N)=O)C(=O)N[C@H](Cc1c[nH]c2ccccc12)C(=O)N[C@@H](CS)C(=O)O. The van der Waals surface area contributed by atoms with Crippen LogP contribution in [-0.2, 0) is 51.2 Å². The van der Waals surface area contributed by atoms with Crippen LogP contribution in [-0.4, -0.2) is 154 Å². The molecule has 0 aliphatic carbocycles.